The van der Waals surface area contributed by atoms with Crippen LogP contribution in [0.3, 0.4) is 0 Å². The molecule has 2 heterocycles. The highest BCUT2D eigenvalue weighted by Crippen LogP contribution is 2.22. The number of carbonyl (C=O) groups is 1. The third-order valence-electron chi connectivity index (χ3n) is 5.05. The minimum atomic E-state index is -0.384. The van der Waals surface area contributed by atoms with Crippen molar-refractivity contribution in [2.45, 2.75) is 45.1 Å². The number of hydroxylamine groups is 1. The fraction of sp³-hybridized carbons (Fsp3) is 0.417. The first-order chi connectivity index (χ1) is 15.9. The number of benzene rings is 1. The Balaban J connectivity index is 1.45. The zero-order valence-corrected chi connectivity index (χ0v) is 20.4. The molecule has 178 valence electrons. The number of nitrogens with zero attached hydrogens (tertiary/aromatic N) is 2. The van der Waals surface area contributed by atoms with Crippen LogP contribution in [-0.2, 0) is 20.9 Å². The van der Waals surface area contributed by atoms with Crippen molar-refractivity contribution in [2.75, 3.05) is 25.5 Å². The SMILES string of the molecule is C[C@H](CN(C)Cc1ccc(Cl)cc1)Nc1ncc(/C=C/C(=O)NOC2CCCCO2)cc1Cl. The number of nitrogens with one attached hydrogen (secondary N) is 2. The fourth-order valence-corrected chi connectivity index (χ4v) is 3.85. The first-order valence-electron chi connectivity index (χ1n) is 11.0. The summed E-state index contributed by atoms with van der Waals surface area (Å²) in [5.74, 6) is 0.225. The molecule has 1 aromatic heterocycles. The molecule has 0 bridgehead atoms. The number of amides is 1. The van der Waals surface area contributed by atoms with E-state index >= 15 is 0 Å². The van der Waals surface area contributed by atoms with E-state index in [2.05, 4.69) is 34.7 Å². The molecule has 0 saturated carbocycles. The second-order valence-electron chi connectivity index (χ2n) is 8.18. The molecule has 0 radical (unpaired) electrons. The molecule has 1 unspecified atom stereocenters. The monoisotopic (exact) mass is 492 g/mol. The van der Waals surface area contributed by atoms with Gasteiger partial charge in [0.05, 0.1) is 5.02 Å². The summed E-state index contributed by atoms with van der Waals surface area (Å²) in [7, 11) is 2.06. The molecule has 2 aromatic rings. The number of pyridine rings is 1. The van der Waals surface area contributed by atoms with Crippen LogP contribution in [0.15, 0.2) is 42.6 Å². The van der Waals surface area contributed by atoms with Crippen LogP contribution in [0.2, 0.25) is 10.0 Å². The Morgan fingerprint density at radius 3 is 2.82 bits per heavy atom. The maximum absolute atomic E-state index is 12.0. The summed E-state index contributed by atoms with van der Waals surface area (Å²) in [5, 5.41) is 4.56. The number of hydrogen-bond acceptors (Lipinski definition) is 6. The van der Waals surface area contributed by atoms with Crippen LogP contribution in [0.25, 0.3) is 6.08 Å². The largest absolute Gasteiger partial charge is 0.365 e. The van der Waals surface area contributed by atoms with Gasteiger partial charge < -0.3 is 15.0 Å². The van der Waals surface area contributed by atoms with Crippen molar-refractivity contribution in [2.24, 2.45) is 0 Å². The highest BCUT2D eigenvalue weighted by molar-refractivity contribution is 6.33. The van der Waals surface area contributed by atoms with E-state index in [1.165, 1.54) is 11.6 Å². The Bertz CT molecular complexity index is 934. The topological polar surface area (TPSA) is 75.7 Å². The van der Waals surface area contributed by atoms with Gasteiger partial charge in [0, 0.05) is 49.5 Å². The minimum Gasteiger partial charge on any atom is -0.365 e. The highest BCUT2D eigenvalue weighted by Gasteiger charge is 2.15. The van der Waals surface area contributed by atoms with Gasteiger partial charge in [0.2, 0.25) is 0 Å². The van der Waals surface area contributed by atoms with Crippen molar-refractivity contribution in [3.05, 3.63) is 63.8 Å². The van der Waals surface area contributed by atoms with Gasteiger partial charge in [0.1, 0.15) is 5.82 Å². The van der Waals surface area contributed by atoms with E-state index in [4.69, 9.17) is 32.8 Å². The van der Waals surface area contributed by atoms with Crippen LogP contribution < -0.4 is 10.8 Å². The summed E-state index contributed by atoms with van der Waals surface area (Å²) in [6.07, 6.45) is 7.10. The molecular weight excluding hydrogens is 463 g/mol. The smallest absolute Gasteiger partial charge is 0.267 e. The molecule has 2 atom stereocenters. The van der Waals surface area contributed by atoms with Crippen LogP contribution in [0.4, 0.5) is 5.82 Å². The first kappa shape index (κ1) is 25.5. The van der Waals surface area contributed by atoms with E-state index in [1.807, 2.05) is 24.3 Å². The highest BCUT2D eigenvalue weighted by atomic mass is 35.5. The number of aromatic nitrogens is 1. The number of hydrogen-bond donors (Lipinski definition) is 2. The molecule has 0 aliphatic carbocycles. The minimum absolute atomic E-state index is 0.124. The van der Waals surface area contributed by atoms with E-state index in [-0.39, 0.29) is 18.2 Å². The van der Waals surface area contributed by atoms with E-state index in [0.29, 0.717) is 23.0 Å². The zero-order chi connectivity index (χ0) is 23.6. The maximum atomic E-state index is 12.0. The number of ether oxygens (including phenoxy) is 1. The second-order valence-corrected chi connectivity index (χ2v) is 9.02. The summed E-state index contributed by atoms with van der Waals surface area (Å²) < 4.78 is 5.41. The van der Waals surface area contributed by atoms with E-state index in [9.17, 15) is 4.79 Å². The third-order valence-corrected chi connectivity index (χ3v) is 5.59. The summed E-state index contributed by atoms with van der Waals surface area (Å²) >= 11 is 12.4. The molecule has 1 saturated heterocycles. The predicted octanol–water partition coefficient (Wildman–Crippen LogP) is 4.91. The molecule has 1 aliphatic heterocycles. The number of anilines is 1. The molecule has 7 nitrogen and oxygen atoms in total. The molecule has 1 fully saturated rings. The van der Waals surface area contributed by atoms with E-state index in [1.54, 1.807) is 18.3 Å². The van der Waals surface area contributed by atoms with Crippen LogP contribution in [0, 0.1) is 0 Å². The summed E-state index contributed by atoms with van der Waals surface area (Å²) in [4.78, 5) is 23.8. The van der Waals surface area contributed by atoms with Crippen molar-refractivity contribution in [1.29, 1.82) is 0 Å². The van der Waals surface area contributed by atoms with Gasteiger partial charge in [-0.1, -0.05) is 35.3 Å². The van der Waals surface area contributed by atoms with Crippen LogP contribution in [-0.4, -0.2) is 48.3 Å². The summed E-state index contributed by atoms with van der Waals surface area (Å²) in [6.45, 7) is 4.34. The fourth-order valence-electron chi connectivity index (χ4n) is 3.50. The van der Waals surface area contributed by atoms with Gasteiger partial charge in [-0.3, -0.25) is 4.79 Å². The molecule has 9 heteroatoms. The Kier molecular flexibility index (Phi) is 9.96. The first-order valence-corrected chi connectivity index (χ1v) is 11.7. The van der Waals surface area contributed by atoms with Gasteiger partial charge in [-0.2, -0.15) is 0 Å². The average molecular weight is 493 g/mol. The number of rotatable bonds is 10. The Labute approximate surface area is 205 Å². The molecule has 33 heavy (non-hydrogen) atoms. The van der Waals surface area contributed by atoms with E-state index < -0.39 is 0 Å². The van der Waals surface area contributed by atoms with Gasteiger partial charge in [0.25, 0.3) is 5.91 Å². The van der Waals surface area contributed by atoms with Gasteiger partial charge in [0.15, 0.2) is 6.29 Å². The third kappa shape index (κ3) is 8.95. The molecule has 1 aromatic carbocycles. The van der Waals surface area contributed by atoms with Gasteiger partial charge in [-0.25, -0.2) is 15.3 Å². The molecule has 0 spiro atoms. The predicted molar refractivity (Wildman–Crippen MR) is 132 cm³/mol. The van der Waals surface area contributed by atoms with Crippen LogP contribution in [0.5, 0.6) is 0 Å². The lowest BCUT2D eigenvalue weighted by molar-refractivity contribution is -0.198. The van der Waals surface area contributed by atoms with Crippen molar-refractivity contribution in [3.8, 4) is 0 Å². The average Bonchev–Trinajstić information content (AvgIpc) is 2.80. The lowest BCUT2D eigenvalue weighted by atomic mass is 10.2. The quantitative estimate of drug-likeness (QED) is 0.362. The molecule has 2 N–H and O–H groups in total. The zero-order valence-electron chi connectivity index (χ0n) is 18.9. The molecule has 1 aliphatic rings. The standard InChI is InChI=1S/C24H30Cl2N4O3/c1-17(15-30(2)16-18-6-9-20(25)10-7-18)28-24-21(26)13-19(14-27-24)8-11-22(31)29-33-23-5-3-4-12-32-23/h6-11,13-14,17,23H,3-5,12,15-16H2,1-2H3,(H,27,28)(H,29,31)/b11-8+/t17-,23?/m1/s1. The van der Waals surface area contributed by atoms with Gasteiger partial charge in [-0.05, 0) is 62.2 Å². The molecular formula is C24H30Cl2N4O3. The lowest BCUT2D eigenvalue weighted by Crippen LogP contribution is -2.32. The van der Waals surface area contributed by atoms with Crippen LogP contribution in [0.1, 0.15) is 37.3 Å². The lowest BCUT2D eigenvalue weighted by Gasteiger charge is -2.23. The van der Waals surface area contributed by atoms with Gasteiger partial charge >= 0.3 is 0 Å². The maximum Gasteiger partial charge on any atom is 0.267 e. The Morgan fingerprint density at radius 2 is 2.12 bits per heavy atom. The van der Waals surface area contributed by atoms with Gasteiger partial charge in [-0.15, -0.1) is 0 Å². The molecule has 3 rings (SSSR count). The summed E-state index contributed by atoms with van der Waals surface area (Å²) in [6, 6.07) is 9.73. The Hall–Kier alpha value is -2.16. The normalized spacial score (nSPS) is 17.3. The number of halogens is 2. The van der Waals surface area contributed by atoms with Crippen molar-refractivity contribution in [1.82, 2.24) is 15.4 Å². The van der Waals surface area contributed by atoms with Crippen LogP contribution >= 0.6 is 23.2 Å². The summed E-state index contributed by atoms with van der Waals surface area (Å²) in [5.41, 5.74) is 4.29. The van der Waals surface area contributed by atoms with Crippen molar-refractivity contribution >= 4 is 41.0 Å². The van der Waals surface area contributed by atoms with Crippen molar-refractivity contribution < 1.29 is 14.4 Å². The second kappa shape index (κ2) is 12.9. The van der Waals surface area contributed by atoms with E-state index in [0.717, 1.165) is 37.4 Å². The van der Waals surface area contributed by atoms with Crippen molar-refractivity contribution in [3.63, 3.8) is 0 Å². The number of carbonyl (C=O) groups excluding carboxylic acids is 1. The molecule has 1 amide bonds. The number of likely N-dealkylation sites (N-methyl/N-ethyl adjacent to an activating group) is 1. The Morgan fingerprint density at radius 1 is 1.33 bits per heavy atom.